The molecule has 0 aliphatic heterocycles. The molecule has 0 saturated heterocycles. The first kappa shape index (κ1) is 11.1. The smallest absolute Gasteiger partial charge is 0.299 e. The number of hydrogen-bond acceptors (Lipinski definition) is 4. The first-order valence-corrected chi connectivity index (χ1v) is 6.05. The van der Waals surface area contributed by atoms with Crippen molar-refractivity contribution in [2.75, 3.05) is 0 Å². The van der Waals surface area contributed by atoms with Crippen molar-refractivity contribution in [3.8, 4) is 0 Å². The summed E-state index contributed by atoms with van der Waals surface area (Å²) in [4.78, 5) is -2.30. The van der Waals surface area contributed by atoms with Crippen molar-refractivity contribution < 1.29 is 18.1 Å². The molecule has 1 aliphatic rings. The summed E-state index contributed by atoms with van der Waals surface area (Å²) in [7, 11) is -4.61. The van der Waals surface area contributed by atoms with Crippen LogP contribution in [-0.4, -0.2) is 18.1 Å². The normalized spacial score (nSPS) is 24.8. The second-order valence-electron chi connectivity index (χ2n) is 3.67. The Balaban J connectivity index is 2.74. The van der Waals surface area contributed by atoms with Crippen LogP contribution < -0.4 is 5.73 Å². The van der Waals surface area contributed by atoms with E-state index in [9.17, 15) is 13.5 Å². The van der Waals surface area contributed by atoms with Crippen molar-refractivity contribution in [3.63, 3.8) is 0 Å². The lowest BCUT2D eigenvalue weighted by atomic mass is 9.92. The number of aliphatic hydroxyl groups is 1. The molecule has 0 fully saturated rings. The number of nitrogens with two attached hydrogens (primary N) is 1. The van der Waals surface area contributed by atoms with Gasteiger partial charge in [-0.2, -0.15) is 8.42 Å². The van der Waals surface area contributed by atoms with E-state index in [0.29, 0.717) is 11.3 Å². The standard InChI is InChI=1S/C10H11NO4S/c11-9-5-6-10(12,16(13,14)15)8-4-2-1-3-7(8)9/h1-5,12H,6,11H2,(H,13,14,15). The van der Waals surface area contributed by atoms with Crippen molar-refractivity contribution in [2.45, 2.75) is 11.4 Å². The van der Waals surface area contributed by atoms with Gasteiger partial charge in [-0.25, -0.2) is 0 Å². The molecule has 4 N–H and O–H groups in total. The Kier molecular flexibility index (Phi) is 2.30. The van der Waals surface area contributed by atoms with E-state index >= 15 is 0 Å². The van der Waals surface area contributed by atoms with E-state index in [1.165, 1.54) is 12.1 Å². The molecule has 1 unspecified atom stereocenters. The molecular formula is C10H11NO4S. The molecule has 2 rings (SSSR count). The summed E-state index contributed by atoms with van der Waals surface area (Å²) < 4.78 is 31.5. The Bertz CT molecular complexity index is 564. The van der Waals surface area contributed by atoms with Crippen molar-refractivity contribution >= 4 is 15.8 Å². The summed E-state index contributed by atoms with van der Waals surface area (Å²) in [5, 5.41) is 10.0. The average molecular weight is 241 g/mol. The Labute approximate surface area is 93.0 Å². The molecule has 0 saturated carbocycles. The molecule has 0 amide bonds. The third-order valence-corrected chi connectivity index (χ3v) is 3.92. The van der Waals surface area contributed by atoms with Crippen LogP contribution >= 0.6 is 0 Å². The zero-order chi connectivity index (χ0) is 12.0. The van der Waals surface area contributed by atoms with Crippen LogP contribution in [0.5, 0.6) is 0 Å². The minimum Gasteiger partial charge on any atom is -0.398 e. The molecule has 0 bridgehead atoms. The summed E-state index contributed by atoms with van der Waals surface area (Å²) in [6.45, 7) is 0. The molecular weight excluding hydrogens is 230 g/mol. The summed E-state index contributed by atoms with van der Waals surface area (Å²) in [6, 6.07) is 6.28. The van der Waals surface area contributed by atoms with Crippen LogP contribution in [0.25, 0.3) is 5.70 Å². The lowest BCUT2D eigenvalue weighted by Crippen LogP contribution is -2.38. The number of benzene rings is 1. The minimum absolute atomic E-state index is 0.109. The third kappa shape index (κ3) is 1.42. The Morgan fingerprint density at radius 2 is 1.94 bits per heavy atom. The van der Waals surface area contributed by atoms with Crippen LogP contribution in [0.15, 0.2) is 30.3 Å². The van der Waals surface area contributed by atoms with E-state index in [-0.39, 0.29) is 12.0 Å². The van der Waals surface area contributed by atoms with E-state index in [1.54, 1.807) is 18.2 Å². The maximum atomic E-state index is 11.2. The van der Waals surface area contributed by atoms with Crippen molar-refractivity contribution in [1.29, 1.82) is 0 Å². The van der Waals surface area contributed by atoms with Gasteiger partial charge in [0.1, 0.15) is 0 Å². The summed E-state index contributed by atoms with van der Waals surface area (Å²) in [5.74, 6) is 0. The first-order valence-electron chi connectivity index (χ1n) is 4.61. The summed E-state index contributed by atoms with van der Waals surface area (Å²) in [6.07, 6.45) is 1.13. The quantitative estimate of drug-likeness (QED) is 0.619. The highest BCUT2D eigenvalue weighted by Crippen LogP contribution is 2.38. The maximum absolute atomic E-state index is 11.2. The second kappa shape index (κ2) is 3.31. The molecule has 6 heteroatoms. The Hall–Kier alpha value is -1.37. The van der Waals surface area contributed by atoms with E-state index in [2.05, 4.69) is 0 Å². The molecule has 86 valence electrons. The van der Waals surface area contributed by atoms with E-state index in [1.807, 2.05) is 0 Å². The fourth-order valence-electron chi connectivity index (χ4n) is 1.79. The molecule has 0 radical (unpaired) electrons. The zero-order valence-electron chi connectivity index (χ0n) is 8.29. The van der Waals surface area contributed by atoms with Gasteiger partial charge in [0.2, 0.25) is 4.93 Å². The van der Waals surface area contributed by atoms with Crippen LogP contribution in [0.3, 0.4) is 0 Å². The van der Waals surface area contributed by atoms with Crippen LogP contribution in [0, 0.1) is 0 Å². The largest absolute Gasteiger partial charge is 0.398 e. The fraction of sp³-hybridized carbons (Fsp3) is 0.200. The van der Waals surface area contributed by atoms with E-state index < -0.39 is 15.1 Å². The van der Waals surface area contributed by atoms with Gasteiger partial charge in [0.15, 0.2) is 0 Å². The molecule has 1 aromatic carbocycles. The van der Waals surface area contributed by atoms with Crippen LogP contribution in [0.1, 0.15) is 17.5 Å². The summed E-state index contributed by atoms with van der Waals surface area (Å²) in [5.41, 5.74) is 6.61. The molecule has 0 spiro atoms. The Morgan fingerprint density at radius 1 is 1.31 bits per heavy atom. The first-order chi connectivity index (χ1) is 7.36. The van der Waals surface area contributed by atoms with Gasteiger partial charge in [-0.3, -0.25) is 4.55 Å². The Morgan fingerprint density at radius 3 is 2.56 bits per heavy atom. The number of rotatable bonds is 1. The number of fused-ring (bicyclic) bond motifs is 1. The molecule has 1 aromatic rings. The minimum atomic E-state index is -4.61. The maximum Gasteiger partial charge on any atom is 0.299 e. The topological polar surface area (TPSA) is 101 Å². The lowest BCUT2D eigenvalue weighted by molar-refractivity contribution is 0.114. The molecule has 5 nitrogen and oxygen atoms in total. The lowest BCUT2D eigenvalue weighted by Gasteiger charge is -2.29. The predicted molar refractivity (Wildman–Crippen MR) is 58.7 cm³/mol. The van der Waals surface area contributed by atoms with Crippen LogP contribution in [-0.2, 0) is 15.1 Å². The van der Waals surface area contributed by atoms with Gasteiger partial charge >= 0.3 is 0 Å². The van der Waals surface area contributed by atoms with Gasteiger partial charge < -0.3 is 10.8 Å². The highest BCUT2D eigenvalue weighted by Gasteiger charge is 2.45. The molecule has 1 atom stereocenters. The molecule has 0 aromatic heterocycles. The zero-order valence-corrected chi connectivity index (χ0v) is 9.11. The monoisotopic (exact) mass is 241 g/mol. The molecule has 0 heterocycles. The van der Waals surface area contributed by atoms with Crippen molar-refractivity contribution in [3.05, 3.63) is 41.5 Å². The van der Waals surface area contributed by atoms with Crippen LogP contribution in [0.2, 0.25) is 0 Å². The van der Waals surface area contributed by atoms with Gasteiger partial charge in [0.05, 0.1) is 0 Å². The van der Waals surface area contributed by atoms with Crippen molar-refractivity contribution in [1.82, 2.24) is 0 Å². The van der Waals surface area contributed by atoms with Crippen LogP contribution in [0.4, 0.5) is 0 Å². The fourth-order valence-corrected chi connectivity index (χ4v) is 2.54. The highest BCUT2D eigenvalue weighted by molar-refractivity contribution is 7.86. The van der Waals surface area contributed by atoms with Gasteiger partial charge in [-0.15, -0.1) is 0 Å². The van der Waals surface area contributed by atoms with Gasteiger partial charge in [0.25, 0.3) is 10.1 Å². The number of hydrogen-bond donors (Lipinski definition) is 3. The van der Waals surface area contributed by atoms with E-state index in [4.69, 9.17) is 10.3 Å². The summed E-state index contributed by atoms with van der Waals surface area (Å²) >= 11 is 0. The van der Waals surface area contributed by atoms with E-state index in [0.717, 1.165) is 0 Å². The predicted octanol–water partition coefficient (Wildman–Crippen LogP) is 0.423. The molecule has 16 heavy (non-hydrogen) atoms. The third-order valence-electron chi connectivity index (χ3n) is 2.68. The van der Waals surface area contributed by atoms with Gasteiger partial charge in [-0.05, 0) is 0 Å². The average Bonchev–Trinajstić information content (AvgIpc) is 2.23. The second-order valence-corrected chi connectivity index (χ2v) is 5.29. The van der Waals surface area contributed by atoms with Crippen molar-refractivity contribution in [2.24, 2.45) is 5.73 Å². The van der Waals surface area contributed by atoms with Gasteiger partial charge in [-0.1, -0.05) is 30.3 Å². The highest BCUT2D eigenvalue weighted by atomic mass is 32.2. The molecule has 1 aliphatic carbocycles. The SMILES string of the molecule is NC1=CCC(O)(S(=O)(=O)O)c2ccccc21. The van der Waals surface area contributed by atoms with Gasteiger partial charge in [0, 0.05) is 23.2 Å².